The molecule has 1 fully saturated rings. The van der Waals surface area contributed by atoms with Gasteiger partial charge in [0.15, 0.2) is 0 Å². The molecule has 5 heteroatoms. The fraction of sp³-hybridized carbons (Fsp3) is 0.500. The van der Waals surface area contributed by atoms with Crippen LogP contribution >= 0.6 is 0 Å². The largest absolute Gasteiger partial charge is 0.384 e. The summed E-state index contributed by atoms with van der Waals surface area (Å²) in [5, 5.41) is 11.9. The fourth-order valence-electron chi connectivity index (χ4n) is 3.00. The van der Waals surface area contributed by atoms with Crippen LogP contribution in [0.4, 0.5) is 5.69 Å². The Morgan fingerprint density at radius 1 is 1.29 bits per heavy atom. The summed E-state index contributed by atoms with van der Waals surface area (Å²) in [7, 11) is 0. The van der Waals surface area contributed by atoms with E-state index in [0.29, 0.717) is 6.42 Å². The van der Waals surface area contributed by atoms with E-state index in [2.05, 4.69) is 16.3 Å². The molecule has 110 valence electrons. The Balaban J connectivity index is 1.60. The van der Waals surface area contributed by atoms with Crippen molar-refractivity contribution in [1.82, 2.24) is 9.80 Å². The Labute approximate surface area is 125 Å². The Bertz CT molecular complexity index is 570. The molecular formula is C16H20N4O. The van der Waals surface area contributed by atoms with Crippen LogP contribution in [0.2, 0.25) is 0 Å². The number of nitrogens with zero attached hydrogens (tertiary/aromatic N) is 3. The fourth-order valence-corrected chi connectivity index (χ4v) is 3.00. The number of amides is 1. The minimum Gasteiger partial charge on any atom is -0.384 e. The van der Waals surface area contributed by atoms with Crippen molar-refractivity contribution >= 4 is 11.6 Å². The van der Waals surface area contributed by atoms with Gasteiger partial charge in [-0.05, 0) is 30.2 Å². The number of benzene rings is 1. The average molecular weight is 284 g/mol. The summed E-state index contributed by atoms with van der Waals surface area (Å²) in [4.78, 5) is 16.7. The third-order valence-corrected chi connectivity index (χ3v) is 4.26. The predicted octanol–water partition coefficient (Wildman–Crippen LogP) is 1.33. The first kappa shape index (κ1) is 13.9. The summed E-state index contributed by atoms with van der Waals surface area (Å²) in [5.41, 5.74) is 3.20. The van der Waals surface area contributed by atoms with Crippen molar-refractivity contribution in [3.05, 3.63) is 29.3 Å². The van der Waals surface area contributed by atoms with Crippen LogP contribution in [0, 0.1) is 11.3 Å². The molecule has 1 aromatic carbocycles. The minimum atomic E-state index is 0.129. The molecule has 5 nitrogen and oxygen atoms in total. The Morgan fingerprint density at radius 2 is 2.10 bits per heavy atom. The van der Waals surface area contributed by atoms with Crippen LogP contribution < -0.4 is 5.32 Å². The van der Waals surface area contributed by atoms with Gasteiger partial charge in [-0.1, -0.05) is 0 Å². The summed E-state index contributed by atoms with van der Waals surface area (Å²) in [5.74, 6) is 0.129. The third kappa shape index (κ3) is 3.01. The van der Waals surface area contributed by atoms with Crippen molar-refractivity contribution in [2.75, 3.05) is 44.6 Å². The van der Waals surface area contributed by atoms with E-state index in [1.165, 1.54) is 5.56 Å². The first-order valence-corrected chi connectivity index (χ1v) is 7.53. The van der Waals surface area contributed by atoms with Crippen LogP contribution in [-0.2, 0) is 6.42 Å². The second-order valence-electron chi connectivity index (χ2n) is 5.59. The molecule has 2 aliphatic rings. The molecule has 2 heterocycles. The molecular weight excluding hydrogens is 264 g/mol. The van der Waals surface area contributed by atoms with Crippen LogP contribution in [0.25, 0.3) is 0 Å². The maximum Gasteiger partial charge on any atom is 0.253 e. The highest BCUT2D eigenvalue weighted by Crippen LogP contribution is 2.23. The van der Waals surface area contributed by atoms with Gasteiger partial charge in [0.2, 0.25) is 0 Å². The monoisotopic (exact) mass is 284 g/mol. The molecule has 0 unspecified atom stereocenters. The Hall–Kier alpha value is -2.06. The molecule has 0 atom stereocenters. The summed E-state index contributed by atoms with van der Waals surface area (Å²) in [6.07, 6.45) is 1.56. The van der Waals surface area contributed by atoms with Gasteiger partial charge in [-0.3, -0.25) is 9.69 Å². The van der Waals surface area contributed by atoms with Gasteiger partial charge in [0, 0.05) is 56.9 Å². The molecule has 21 heavy (non-hydrogen) atoms. The summed E-state index contributed by atoms with van der Waals surface area (Å²) >= 11 is 0. The number of nitrogens with one attached hydrogen (secondary N) is 1. The zero-order chi connectivity index (χ0) is 14.7. The molecule has 0 bridgehead atoms. The van der Waals surface area contributed by atoms with Gasteiger partial charge in [0.25, 0.3) is 5.91 Å². The number of carbonyl (C=O) groups excluding carboxylic acids is 1. The lowest BCUT2D eigenvalue weighted by Crippen LogP contribution is -2.48. The van der Waals surface area contributed by atoms with Gasteiger partial charge < -0.3 is 10.2 Å². The number of fused-ring (bicyclic) bond motifs is 1. The zero-order valence-corrected chi connectivity index (χ0v) is 12.1. The predicted molar refractivity (Wildman–Crippen MR) is 81.2 cm³/mol. The maximum absolute atomic E-state index is 12.6. The Kier molecular flexibility index (Phi) is 4.07. The van der Waals surface area contributed by atoms with E-state index in [1.54, 1.807) is 0 Å². The first-order valence-electron chi connectivity index (χ1n) is 7.53. The lowest BCUT2D eigenvalue weighted by atomic mass is 10.1. The lowest BCUT2D eigenvalue weighted by Gasteiger charge is -2.34. The quantitative estimate of drug-likeness (QED) is 0.909. The van der Waals surface area contributed by atoms with Crippen molar-refractivity contribution in [2.45, 2.75) is 12.8 Å². The average Bonchev–Trinajstić information content (AvgIpc) is 3.00. The smallest absolute Gasteiger partial charge is 0.253 e. The maximum atomic E-state index is 12.6. The summed E-state index contributed by atoms with van der Waals surface area (Å²) in [6, 6.07) is 8.13. The molecule has 1 amide bonds. The van der Waals surface area contributed by atoms with Gasteiger partial charge >= 0.3 is 0 Å². The molecule has 0 saturated carbocycles. The topological polar surface area (TPSA) is 59.4 Å². The molecule has 1 N–H and O–H groups in total. The van der Waals surface area contributed by atoms with Crippen LogP contribution in [0.1, 0.15) is 22.3 Å². The number of carbonyl (C=O) groups is 1. The van der Waals surface area contributed by atoms with Gasteiger partial charge in [-0.2, -0.15) is 5.26 Å². The molecule has 0 spiro atoms. The van der Waals surface area contributed by atoms with E-state index in [-0.39, 0.29) is 5.91 Å². The number of nitriles is 1. The standard InChI is InChI=1S/C16H20N4O/c17-5-1-7-19-8-10-20(11-9-19)16(21)14-2-3-15-13(12-14)4-6-18-15/h2-3,12,18H,1,4,6-11H2. The van der Waals surface area contributed by atoms with Crippen molar-refractivity contribution in [2.24, 2.45) is 0 Å². The SMILES string of the molecule is N#CCCN1CCN(C(=O)c2ccc3c(c2)CCN3)CC1. The van der Waals surface area contributed by atoms with E-state index in [9.17, 15) is 4.79 Å². The van der Waals surface area contributed by atoms with Crippen molar-refractivity contribution < 1.29 is 4.79 Å². The number of rotatable bonds is 3. The van der Waals surface area contributed by atoms with Gasteiger partial charge in [0.1, 0.15) is 0 Å². The normalized spacial score (nSPS) is 18.0. The summed E-state index contributed by atoms with van der Waals surface area (Å²) < 4.78 is 0. The number of piperazine rings is 1. The second-order valence-corrected chi connectivity index (χ2v) is 5.59. The van der Waals surface area contributed by atoms with Crippen LogP contribution in [-0.4, -0.2) is 55.0 Å². The van der Waals surface area contributed by atoms with Gasteiger partial charge in [-0.25, -0.2) is 0 Å². The molecule has 0 aromatic heterocycles. The van der Waals surface area contributed by atoms with E-state index in [1.807, 2.05) is 23.1 Å². The van der Waals surface area contributed by atoms with Crippen molar-refractivity contribution in [3.8, 4) is 6.07 Å². The van der Waals surface area contributed by atoms with Gasteiger partial charge in [-0.15, -0.1) is 0 Å². The minimum absolute atomic E-state index is 0.129. The molecule has 0 radical (unpaired) electrons. The van der Waals surface area contributed by atoms with Crippen LogP contribution in [0.3, 0.4) is 0 Å². The first-order chi connectivity index (χ1) is 10.3. The van der Waals surface area contributed by atoms with E-state index >= 15 is 0 Å². The van der Waals surface area contributed by atoms with E-state index in [0.717, 1.165) is 56.9 Å². The molecule has 2 aliphatic heterocycles. The number of hydrogen-bond acceptors (Lipinski definition) is 4. The summed E-state index contributed by atoms with van der Waals surface area (Å²) in [6.45, 7) is 4.99. The molecule has 1 aromatic rings. The highest BCUT2D eigenvalue weighted by Gasteiger charge is 2.22. The van der Waals surface area contributed by atoms with Crippen molar-refractivity contribution in [3.63, 3.8) is 0 Å². The highest BCUT2D eigenvalue weighted by atomic mass is 16.2. The molecule has 0 aliphatic carbocycles. The second kappa shape index (κ2) is 6.15. The van der Waals surface area contributed by atoms with Crippen LogP contribution in [0.15, 0.2) is 18.2 Å². The molecule has 1 saturated heterocycles. The number of hydrogen-bond donors (Lipinski definition) is 1. The van der Waals surface area contributed by atoms with Crippen LogP contribution in [0.5, 0.6) is 0 Å². The highest BCUT2D eigenvalue weighted by molar-refractivity contribution is 5.95. The molecule has 3 rings (SSSR count). The van der Waals surface area contributed by atoms with E-state index in [4.69, 9.17) is 5.26 Å². The van der Waals surface area contributed by atoms with E-state index < -0.39 is 0 Å². The third-order valence-electron chi connectivity index (χ3n) is 4.26. The zero-order valence-electron chi connectivity index (χ0n) is 12.1. The van der Waals surface area contributed by atoms with Crippen molar-refractivity contribution in [1.29, 1.82) is 5.26 Å². The number of anilines is 1. The lowest BCUT2D eigenvalue weighted by molar-refractivity contribution is 0.0639. The van der Waals surface area contributed by atoms with Gasteiger partial charge in [0.05, 0.1) is 6.07 Å². The Morgan fingerprint density at radius 3 is 2.86 bits per heavy atom.